The Bertz CT molecular complexity index is 529. The van der Waals surface area contributed by atoms with Crippen molar-refractivity contribution in [3.05, 3.63) is 52.7 Å². The van der Waals surface area contributed by atoms with Crippen molar-refractivity contribution in [3.63, 3.8) is 0 Å². The quantitative estimate of drug-likeness (QED) is 0.434. The summed E-state index contributed by atoms with van der Waals surface area (Å²) in [6.45, 7) is 2.10. The van der Waals surface area contributed by atoms with E-state index in [0.29, 0.717) is 0 Å². The predicted molar refractivity (Wildman–Crippen MR) is 95.8 cm³/mol. The molecule has 0 spiro atoms. The van der Waals surface area contributed by atoms with Crippen LogP contribution >= 0.6 is 67.8 Å². The molecular weight excluding hydrogens is 553 g/mol. The standard InChI is InChI=1S/C13H9I3O/c1-8-5-11(15)13(12(16)6-8)17-10-4-2-3-9(14)7-10/h2-7H,1H3. The number of hydrogen-bond donors (Lipinski definition) is 0. The molecule has 0 aliphatic rings. The molecular formula is C13H9I3O. The first kappa shape index (κ1) is 13.9. The summed E-state index contributed by atoms with van der Waals surface area (Å²) in [5, 5.41) is 0. The van der Waals surface area contributed by atoms with E-state index in [1.807, 2.05) is 18.2 Å². The molecule has 1 nitrogen and oxygen atoms in total. The predicted octanol–water partition coefficient (Wildman–Crippen LogP) is 5.60. The summed E-state index contributed by atoms with van der Waals surface area (Å²) in [7, 11) is 0. The van der Waals surface area contributed by atoms with E-state index in [-0.39, 0.29) is 0 Å². The highest BCUT2D eigenvalue weighted by molar-refractivity contribution is 14.1. The van der Waals surface area contributed by atoms with Crippen LogP contribution in [-0.2, 0) is 0 Å². The van der Waals surface area contributed by atoms with Crippen LogP contribution in [0.25, 0.3) is 0 Å². The van der Waals surface area contributed by atoms with E-state index in [1.54, 1.807) is 0 Å². The Kier molecular flexibility index (Phi) is 4.93. The van der Waals surface area contributed by atoms with Crippen LogP contribution < -0.4 is 4.74 Å². The zero-order valence-corrected chi connectivity index (χ0v) is 15.5. The third-order valence-electron chi connectivity index (χ3n) is 2.16. The van der Waals surface area contributed by atoms with E-state index in [4.69, 9.17) is 4.74 Å². The van der Waals surface area contributed by atoms with E-state index >= 15 is 0 Å². The fourth-order valence-electron chi connectivity index (χ4n) is 1.43. The minimum Gasteiger partial charge on any atom is -0.455 e. The van der Waals surface area contributed by atoms with Crippen LogP contribution in [0, 0.1) is 17.6 Å². The van der Waals surface area contributed by atoms with Gasteiger partial charge in [0, 0.05) is 3.57 Å². The normalized spacial score (nSPS) is 10.4. The Hall–Kier alpha value is 0.430. The molecule has 0 saturated heterocycles. The Morgan fingerprint density at radius 1 is 0.941 bits per heavy atom. The Labute approximate surface area is 142 Å². The SMILES string of the molecule is Cc1cc(I)c(Oc2cccc(I)c2)c(I)c1. The van der Waals surface area contributed by atoms with Gasteiger partial charge in [0.25, 0.3) is 0 Å². The highest BCUT2D eigenvalue weighted by Crippen LogP contribution is 2.33. The highest BCUT2D eigenvalue weighted by Gasteiger charge is 2.08. The first-order chi connectivity index (χ1) is 8.06. The first-order valence-corrected chi connectivity index (χ1v) is 8.19. The summed E-state index contributed by atoms with van der Waals surface area (Å²) < 4.78 is 9.42. The average molecular weight is 562 g/mol. The van der Waals surface area contributed by atoms with Gasteiger partial charge in [-0.1, -0.05) is 6.07 Å². The van der Waals surface area contributed by atoms with Gasteiger partial charge in [-0.3, -0.25) is 0 Å². The molecule has 0 aliphatic carbocycles. The van der Waals surface area contributed by atoms with Crippen molar-refractivity contribution in [2.75, 3.05) is 0 Å². The van der Waals surface area contributed by atoms with Crippen molar-refractivity contribution in [1.82, 2.24) is 0 Å². The van der Waals surface area contributed by atoms with Crippen LogP contribution in [0.5, 0.6) is 11.5 Å². The van der Waals surface area contributed by atoms with Crippen molar-refractivity contribution in [1.29, 1.82) is 0 Å². The maximum absolute atomic E-state index is 5.96. The van der Waals surface area contributed by atoms with E-state index in [2.05, 4.69) is 92.9 Å². The second-order valence-corrected chi connectivity index (χ2v) is 7.19. The van der Waals surface area contributed by atoms with Crippen molar-refractivity contribution < 1.29 is 4.74 Å². The van der Waals surface area contributed by atoms with Crippen molar-refractivity contribution in [2.24, 2.45) is 0 Å². The molecule has 0 N–H and O–H groups in total. The minimum atomic E-state index is 0.886. The molecule has 0 aromatic heterocycles. The lowest BCUT2D eigenvalue weighted by atomic mass is 10.2. The molecule has 0 aliphatic heterocycles. The highest BCUT2D eigenvalue weighted by atomic mass is 127. The molecule has 0 bridgehead atoms. The van der Waals surface area contributed by atoms with Crippen LogP contribution in [0.4, 0.5) is 0 Å². The Morgan fingerprint density at radius 3 is 2.18 bits per heavy atom. The van der Waals surface area contributed by atoms with Gasteiger partial charge in [0.05, 0.1) is 7.14 Å². The summed E-state index contributed by atoms with van der Waals surface area (Å²) in [5.74, 6) is 1.83. The molecule has 2 aromatic carbocycles. The number of halogens is 3. The van der Waals surface area contributed by atoms with Crippen molar-refractivity contribution in [2.45, 2.75) is 6.92 Å². The maximum Gasteiger partial charge on any atom is 0.154 e. The number of hydrogen-bond acceptors (Lipinski definition) is 1. The molecule has 4 heteroatoms. The number of ether oxygens (including phenoxy) is 1. The Balaban J connectivity index is 2.36. The molecule has 0 heterocycles. The largest absolute Gasteiger partial charge is 0.455 e. The van der Waals surface area contributed by atoms with E-state index in [0.717, 1.165) is 18.6 Å². The zero-order chi connectivity index (χ0) is 12.4. The van der Waals surface area contributed by atoms with Gasteiger partial charge >= 0.3 is 0 Å². The maximum atomic E-state index is 5.96. The minimum absolute atomic E-state index is 0.886. The van der Waals surface area contributed by atoms with Gasteiger partial charge in [-0.25, -0.2) is 0 Å². The van der Waals surface area contributed by atoms with Gasteiger partial charge in [-0.15, -0.1) is 0 Å². The summed E-state index contributed by atoms with van der Waals surface area (Å²) in [5.41, 5.74) is 1.26. The lowest BCUT2D eigenvalue weighted by molar-refractivity contribution is 0.475. The summed E-state index contributed by atoms with van der Waals surface area (Å²) in [4.78, 5) is 0. The van der Waals surface area contributed by atoms with Crippen molar-refractivity contribution in [3.8, 4) is 11.5 Å². The van der Waals surface area contributed by atoms with Crippen molar-refractivity contribution >= 4 is 67.8 Å². The van der Waals surface area contributed by atoms with E-state index in [1.165, 1.54) is 9.13 Å². The van der Waals surface area contributed by atoms with Crippen LogP contribution in [0.3, 0.4) is 0 Å². The second kappa shape index (κ2) is 6.05. The van der Waals surface area contributed by atoms with E-state index < -0.39 is 0 Å². The molecule has 88 valence electrons. The number of rotatable bonds is 2. The average Bonchev–Trinajstić information content (AvgIpc) is 2.23. The second-order valence-electron chi connectivity index (χ2n) is 3.62. The molecule has 0 radical (unpaired) electrons. The first-order valence-electron chi connectivity index (χ1n) is 4.95. The van der Waals surface area contributed by atoms with E-state index in [9.17, 15) is 0 Å². The molecule has 0 fully saturated rings. The van der Waals surface area contributed by atoms with Gasteiger partial charge < -0.3 is 4.74 Å². The lowest BCUT2D eigenvalue weighted by Gasteiger charge is -2.11. The summed E-state index contributed by atoms with van der Waals surface area (Å²) in [6, 6.07) is 12.3. The fourth-order valence-corrected chi connectivity index (χ4v) is 4.25. The summed E-state index contributed by atoms with van der Waals surface area (Å²) >= 11 is 6.92. The molecule has 17 heavy (non-hydrogen) atoms. The molecule has 0 atom stereocenters. The van der Waals surface area contributed by atoms with Gasteiger partial charge in [-0.05, 0) is 111 Å². The molecule has 2 aromatic rings. The fraction of sp³-hybridized carbons (Fsp3) is 0.0769. The smallest absolute Gasteiger partial charge is 0.154 e. The molecule has 0 unspecified atom stereocenters. The topological polar surface area (TPSA) is 9.23 Å². The zero-order valence-electron chi connectivity index (χ0n) is 9.01. The van der Waals surface area contributed by atoms with Crippen LogP contribution in [0.2, 0.25) is 0 Å². The summed E-state index contributed by atoms with van der Waals surface area (Å²) in [6.07, 6.45) is 0. The van der Waals surface area contributed by atoms with Gasteiger partial charge in [0.1, 0.15) is 5.75 Å². The van der Waals surface area contributed by atoms with Crippen LogP contribution in [-0.4, -0.2) is 0 Å². The lowest BCUT2D eigenvalue weighted by Crippen LogP contribution is -1.92. The van der Waals surface area contributed by atoms with Gasteiger partial charge in [0.15, 0.2) is 5.75 Å². The van der Waals surface area contributed by atoms with Gasteiger partial charge in [-0.2, -0.15) is 0 Å². The Morgan fingerprint density at radius 2 is 1.59 bits per heavy atom. The van der Waals surface area contributed by atoms with Gasteiger partial charge in [0.2, 0.25) is 0 Å². The monoisotopic (exact) mass is 562 g/mol. The molecule has 2 rings (SSSR count). The van der Waals surface area contributed by atoms with Crippen LogP contribution in [0.1, 0.15) is 5.56 Å². The van der Waals surface area contributed by atoms with Crippen LogP contribution in [0.15, 0.2) is 36.4 Å². The number of aryl methyl sites for hydroxylation is 1. The third kappa shape index (κ3) is 3.69. The third-order valence-corrected chi connectivity index (χ3v) is 4.43. The number of benzene rings is 2. The molecule has 0 saturated carbocycles. The molecule has 0 amide bonds.